The van der Waals surface area contributed by atoms with Crippen LogP contribution in [0.15, 0.2) is 68.4 Å². The third kappa shape index (κ3) is 9.55. The molecule has 3 aromatic heterocycles. The molecule has 0 spiro atoms. The number of nitrogens with zero attached hydrogens (tertiary/aromatic N) is 8. The molecule has 7 heterocycles. The van der Waals surface area contributed by atoms with Crippen LogP contribution in [0, 0.1) is 11.7 Å². The fourth-order valence-corrected chi connectivity index (χ4v) is 12.5. The summed E-state index contributed by atoms with van der Waals surface area (Å²) in [7, 11) is -1.10. The van der Waals surface area contributed by atoms with E-state index in [1.165, 1.54) is 6.07 Å². The molecule has 10 rings (SSSR count). The van der Waals surface area contributed by atoms with Crippen LogP contribution in [0.1, 0.15) is 56.8 Å². The molecule has 3 N–H and O–H groups in total. The normalized spacial score (nSPS) is 18.4. The summed E-state index contributed by atoms with van der Waals surface area (Å²) >= 11 is 3.62. The van der Waals surface area contributed by atoms with Crippen LogP contribution in [0.2, 0.25) is 0 Å². The number of imide groups is 1. The lowest BCUT2D eigenvalue weighted by molar-refractivity contribution is -0.138. The molecule has 4 aliphatic heterocycles. The highest BCUT2D eigenvalue weighted by atomic mass is 79.9. The van der Waals surface area contributed by atoms with Gasteiger partial charge in [0.25, 0.3) is 0 Å². The lowest BCUT2D eigenvalue weighted by atomic mass is 9.96. The molecule has 378 valence electrons. The van der Waals surface area contributed by atoms with Crippen LogP contribution >= 0.6 is 23.1 Å². The molecule has 3 amide bonds. The van der Waals surface area contributed by atoms with E-state index in [-0.39, 0.29) is 35.8 Å². The lowest BCUT2D eigenvalue weighted by Gasteiger charge is -2.46. The highest BCUT2D eigenvalue weighted by Gasteiger charge is 2.40. The van der Waals surface area contributed by atoms with Crippen molar-refractivity contribution in [2.45, 2.75) is 64.5 Å². The van der Waals surface area contributed by atoms with Crippen LogP contribution in [-0.4, -0.2) is 126 Å². The Morgan fingerprint density at radius 2 is 1.67 bits per heavy atom. The van der Waals surface area contributed by atoms with E-state index in [0.29, 0.717) is 70.9 Å². The number of hydrogen-bond donors (Lipinski definition) is 3. The number of pyridine rings is 1. The first-order chi connectivity index (χ1) is 34.6. The number of hydrogen-bond acceptors (Lipinski definition) is 15. The Morgan fingerprint density at radius 1 is 0.903 bits per heavy atom. The van der Waals surface area contributed by atoms with E-state index >= 15 is 4.39 Å². The second-order valence-corrected chi connectivity index (χ2v) is 23.4. The Bertz CT molecular complexity index is 3230. The minimum Gasteiger partial charge on any atom is -0.494 e. The summed E-state index contributed by atoms with van der Waals surface area (Å²) in [6.45, 7) is 13.0. The molecule has 4 aliphatic rings. The van der Waals surface area contributed by atoms with Crippen LogP contribution in [0.4, 0.5) is 38.9 Å². The van der Waals surface area contributed by atoms with E-state index in [1.54, 1.807) is 26.6 Å². The molecular formula is C51H58BrFN11O7P. The largest absolute Gasteiger partial charge is 0.494 e. The molecule has 1 unspecified atom stereocenters. The molecule has 6 aromatic rings. The molecule has 72 heavy (non-hydrogen) atoms. The Hall–Kier alpha value is -6.37. The summed E-state index contributed by atoms with van der Waals surface area (Å²) in [6.07, 6.45) is 5.40. The zero-order valence-electron chi connectivity index (χ0n) is 41.0. The third-order valence-electron chi connectivity index (χ3n) is 14.5. The van der Waals surface area contributed by atoms with Crippen molar-refractivity contribution in [3.8, 4) is 5.75 Å². The SMILES string of the molecule is CCc1ccc2c(P(C)(C)=O)c(Nc3nc(Nc4cc(CC)c(N5CCC(N6CCN(C(=O)C7CN(c8cc(F)cc9c8oc(=O)n9C8CCC(=O)NC8=O)C7)CC6)CC5)cc4OC)ncc3Br)ccc2n1. The minimum absolute atomic E-state index is 0.0546. The van der Waals surface area contributed by atoms with Crippen LogP contribution in [-0.2, 0) is 31.8 Å². The number of aryl methyl sites for hydroxylation is 2. The first kappa shape index (κ1) is 49.2. The van der Waals surface area contributed by atoms with E-state index in [9.17, 15) is 23.7 Å². The van der Waals surface area contributed by atoms with Gasteiger partial charge < -0.3 is 39.1 Å². The fourth-order valence-electron chi connectivity index (χ4n) is 10.7. The van der Waals surface area contributed by atoms with Crippen molar-refractivity contribution in [1.29, 1.82) is 0 Å². The number of methoxy groups -OCH3 is 1. The maximum atomic E-state index is 15.0. The second-order valence-electron chi connectivity index (χ2n) is 19.4. The van der Waals surface area contributed by atoms with Gasteiger partial charge in [0.15, 0.2) is 5.58 Å². The number of halogens is 2. The van der Waals surface area contributed by atoms with Crippen molar-refractivity contribution in [3.05, 3.63) is 86.8 Å². The summed E-state index contributed by atoms with van der Waals surface area (Å²) in [5.74, 6) is -1.16. The van der Waals surface area contributed by atoms with Crippen molar-refractivity contribution < 1.29 is 32.5 Å². The van der Waals surface area contributed by atoms with Crippen molar-refractivity contribution >= 4 is 103 Å². The summed E-state index contributed by atoms with van der Waals surface area (Å²) in [4.78, 5) is 74.0. The first-order valence-electron chi connectivity index (χ1n) is 24.6. The van der Waals surface area contributed by atoms with E-state index in [1.807, 2.05) is 34.1 Å². The number of ether oxygens (including phenoxy) is 1. The van der Waals surface area contributed by atoms with Crippen LogP contribution in [0.3, 0.4) is 0 Å². The van der Waals surface area contributed by atoms with Gasteiger partial charge in [0.05, 0.1) is 45.6 Å². The van der Waals surface area contributed by atoms with Gasteiger partial charge in [0.2, 0.25) is 23.7 Å². The predicted molar refractivity (Wildman–Crippen MR) is 280 cm³/mol. The number of carbonyl (C=O) groups is 3. The fraction of sp³-hybridized carbons (Fsp3) is 0.431. The standard InChI is InChI=1S/C51H58BrFN11O7P/c1-6-29-22-38(57-50-54-26-35(52)47(59-50)56-37-11-10-36-34(46(37)72(4,5)69)9-8-32(7-2)55-36)43(70-3)25-40(29)61-16-14-33(15-17-61)60-18-20-62(21-19-60)49(67)30-27-63(28-30)41-23-31(53)24-42-45(41)71-51(68)64(42)39-12-13-44(65)58-48(39)66/h8-11,22-26,30,33,39H,6-7,12-21,27-28H2,1-5H3,(H,58,65,66)(H2,54,56,57,59). The molecule has 4 saturated heterocycles. The quantitative estimate of drug-likeness (QED) is 0.0794. The van der Waals surface area contributed by atoms with Gasteiger partial charge >= 0.3 is 5.76 Å². The molecule has 1 atom stereocenters. The number of piperidine rings is 2. The molecular weight excluding hydrogens is 1010 g/mol. The summed E-state index contributed by atoms with van der Waals surface area (Å²) < 4.78 is 42.1. The second kappa shape index (κ2) is 19.9. The van der Waals surface area contributed by atoms with Crippen molar-refractivity contribution in [2.75, 3.05) is 93.2 Å². The average molecular weight is 1070 g/mol. The van der Waals surface area contributed by atoms with Gasteiger partial charge in [-0.1, -0.05) is 19.9 Å². The first-order valence-corrected chi connectivity index (χ1v) is 28.0. The number of benzene rings is 3. The lowest BCUT2D eigenvalue weighted by Crippen LogP contribution is -2.59. The van der Waals surface area contributed by atoms with Crippen molar-refractivity contribution in [1.82, 2.24) is 34.6 Å². The number of anilines is 6. The maximum Gasteiger partial charge on any atom is 0.420 e. The Labute approximate surface area is 424 Å². The van der Waals surface area contributed by atoms with E-state index < -0.39 is 36.6 Å². The molecule has 3 aromatic carbocycles. The average Bonchev–Trinajstić information content (AvgIpc) is 3.68. The molecule has 4 fully saturated rings. The summed E-state index contributed by atoms with van der Waals surface area (Å²) in [6, 6.07) is 13.9. The molecule has 21 heteroatoms. The zero-order chi connectivity index (χ0) is 50.6. The van der Waals surface area contributed by atoms with Gasteiger partial charge in [0, 0.05) is 111 Å². The predicted octanol–water partition coefficient (Wildman–Crippen LogP) is 6.93. The Morgan fingerprint density at radius 3 is 2.36 bits per heavy atom. The number of rotatable bonds is 13. The molecule has 18 nitrogen and oxygen atoms in total. The molecule has 0 saturated carbocycles. The number of fused-ring (bicyclic) bond motifs is 2. The van der Waals surface area contributed by atoms with Gasteiger partial charge in [-0.2, -0.15) is 4.98 Å². The van der Waals surface area contributed by atoms with Crippen LogP contribution < -0.4 is 41.5 Å². The number of nitrogens with one attached hydrogen (secondary N) is 3. The Kier molecular flexibility index (Phi) is 13.6. The van der Waals surface area contributed by atoms with Crippen LogP contribution in [0.5, 0.6) is 5.75 Å². The van der Waals surface area contributed by atoms with Gasteiger partial charge in [-0.25, -0.2) is 14.2 Å². The zero-order valence-corrected chi connectivity index (χ0v) is 43.4. The number of piperazine rings is 1. The minimum atomic E-state index is -2.76. The van der Waals surface area contributed by atoms with Gasteiger partial charge in [-0.15, -0.1) is 0 Å². The highest BCUT2D eigenvalue weighted by molar-refractivity contribution is 9.10. The maximum absolute atomic E-state index is 15.0. The van der Waals surface area contributed by atoms with Crippen molar-refractivity contribution in [3.63, 3.8) is 0 Å². The van der Waals surface area contributed by atoms with E-state index in [4.69, 9.17) is 19.1 Å². The monoisotopic (exact) mass is 1070 g/mol. The van der Waals surface area contributed by atoms with Gasteiger partial charge in [0.1, 0.15) is 30.6 Å². The summed E-state index contributed by atoms with van der Waals surface area (Å²) in [5.41, 5.74) is 6.13. The highest BCUT2D eigenvalue weighted by Crippen LogP contribution is 2.43. The van der Waals surface area contributed by atoms with Crippen LogP contribution in [0.25, 0.3) is 22.0 Å². The van der Waals surface area contributed by atoms with E-state index in [2.05, 4.69) is 72.6 Å². The molecule has 0 bridgehead atoms. The van der Waals surface area contributed by atoms with Gasteiger partial charge in [-0.05, 0) is 91.2 Å². The van der Waals surface area contributed by atoms with Gasteiger partial charge in [-0.3, -0.25) is 34.2 Å². The number of oxazole rings is 1. The number of amides is 3. The topological polar surface area (TPSA) is 200 Å². The number of aromatic nitrogens is 4. The summed E-state index contributed by atoms with van der Waals surface area (Å²) in [5, 5.41) is 10.6. The van der Waals surface area contributed by atoms with Crippen molar-refractivity contribution in [2.24, 2.45) is 5.92 Å². The smallest absolute Gasteiger partial charge is 0.420 e. The number of carbonyl (C=O) groups excluding carboxylic acids is 3. The molecule has 0 aliphatic carbocycles. The van der Waals surface area contributed by atoms with E-state index in [0.717, 1.165) is 96.0 Å². The Balaban J connectivity index is 0.747. The third-order valence-corrected chi connectivity index (χ3v) is 16.7. The molecule has 0 radical (unpaired) electrons.